The first kappa shape index (κ1) is 17.0. The lowest BCUT2D eigenvalue weighted by molar-refractivity contribution is -0.123. The van der Waals surface area contributed by atoms with Crippen LogP contribution in [0.15, 0.2) is 48.5 Å². The van der Waals surface area contributed by atoms with Crippen molar-refractivity contribution in [1.29, 1.82) is 0 Å². The minimum absolute atomic E-state index is 0.0639. The first-order valence-corrected chi connectivity index (χ1v) is 8.37. The highest BCUT2D eigenvalue weighted by molar-refractivity contribution is 5.96. The molecular weight excluding hydrogens is 314 g/mol. The highest BCUT2D eigenvalue weighted by atomic mass is 16.2. The number of carbonyl (C=O) groups excluding carboxylic acids is 2. The van der Waals surface area contributed by atoms with Gasteiger partial charge in [-0.3, -0.25) is 4.79 Å². The van der Waals surface area contributed by atoms with Gasteiger partial charge in [0.2, 0.25) is 5.91 Å². The van der Waals surface area contributed by atoms with Crippen molar-refractivity contribution in [2.75, 3.05) is 10.6 Å². The third-order valence-electron chi connectivity index (χ3n) is 4.18. The predicted molar refractivity (Wildman–Crippen MR) is 99.2 cm³/mol. The average Bonchev–Trinajstić information content (AvgIpc) is 2.98. The van der Waals surface area contributed by atoms with Crippen LogP contribution in [0.5, 0.6) is 0 Å². The summed E-state index contributed by atoms with van der Waals surface area (Å²) in [6.07, 6.45) is 0. The second-order valence-corrected chi connectivity index (χ2v) is 7.34. The summed E-state index contributed by atoms with van der Waals surface area (Å²) in [7, 11) is 0. The van der Waals surface area contributed by atoms with E-state index in [0.717, 1.165) is 0 Å². The molecule has 25 heavy (non-hydrogen) atoms. The lowest BCUT2D eigenvalue weighted by Crippen LogP contribution is -2.30. The molecule has 0 saturated carbocycles. The molecule has 0 fully saturated rings. The number of amides is 3. The largest absolute Gasteiger partial charge is 0.326 e. The highest BCUT2D eigenvalue weighted by Gasteiger charge is 2.23. The third-order valence-corrected chi connectivity index (χ3v) is 4.18. The summed E-state index contributed by atoms with van der Waals surface area (Å²) in [4.78, 5) is 26.4. The number of benzene rings is 2. The summed E-state index contributed by atoms with van der Waals surface area (Å²) in [5, 5.41) is 5.78. The van der Waals surface area contributed by atoms with Gasteiger partial charge >= 0.3 is 6.03 Å². The molecule has 5 nitrogen and oxygen atoms in total. The van der Waals surface area contributed by atoms with Gasteiger partial charge in [-0.15, -0.1) is 0 Å². The summed E-state index contributed by atoms with van der Waals surface area (Å²) in [6, 6.07) is 15.1. The maximum atomic E-state index is 12.5. The van der Waals surface area contributed by atoms with E-state index >= 15 is 0 Å². The maximum Gasteiger partial charge on any atom is 0.322 e. The van der Waals surface area contributed by atoms with Gasteiger partial charge in [0.1, 0.15) is 0 Å². The van der Waals surface area contributed by atoms with Gasteiger partial charge in [0.25, 0.3) is 0 Å². The van der Waals surface area contributed by atoms with Gasteiger partial charge in [0.15, 0.2) is 0 Å². The first-order chi connectivity index (χ1) is 11.8. The van der Waals surface area contributed by atoms with E-state index in [0.29, 0.717) is 24.5 Å². The number of urea groups is 1. The molecule has 0 atom stereocenters. The molecule has 130 valence electrons. The predicted octanol–water partition coefficient (Wildman–Crippen LogP) is 4.22. The molecule has 1 heterocycles. The fourth-order valence-electron chi connectivity index (χ4n) is 2.67. The molecule has 1 aliphatic heterocycles. The van der Waals surface area contributed by atoms with Gasteiger partial charge in [-0.25, -0.2) is 4.79 Å². The smallest absolute Gasteiger partial charge is 0.322 e. The Kier molecular flexibility index (Phi) is 4.49. The van der Waals surface area contributed by atoms with E-state index in [1.54, 1.807) is 11.0 Å². The molecule has 0 unspecified atom stereocenters. The van der Waals surface area contributed by atoms with Crippen molar-refractivity contribution in [3.8, 4) is 0 Å². The van der Waals surface area contributed by atoms with E-state index in [1.807, 2.05) is 63.2 Å². The number of nitrogens with one attached hydrogen (secondary N) is 2. The van der Waals surface area contributed by atoms with Crippen LogP contribution in [0.2, 0.25) is 0 Å². The molecule has 0 radical (unpaired) electrons. The summed E-state index contributed by atoms with van der Waals surface area (Å²) < 4.78 is 0. The number of carbonyl (C=O) groups is 2. The molecule has 1 aliphatic rings. The lowest BCUT2D eigenvalue weighted by atomic mass is 9.95. The van der Waals surface area contributed by atoms with E-state index in [2.05, 4.69) is 10.6 Å². The molecule has 2 N–H and O–H groups in total. The molecule has 2 aromatic rings. The van der Waals surface area contributed by atoms with Crippen LogP contribution in [0.4, 0.5) is 16.2 Å². The molecule has 3 rings (SSSR count). The second-order valence-electron chi connectivity index (χ2n) is 7.34. The van der Waals surface area contributed by atoms with Gasteiger partial charge in [-0.2, -0.15) is 0 Å². The first-order valence-electron chi connectivity index (χ1n) is 8.37. The van der Waals surface area contributed by atoms with Crippen LogP contribution in [0, 0.1) is 5.41 Å². The molecule has 0 aliphatic carbocycles. The Morgan fingerprint density at radius 3 is 2.00 bits per heavy atom. The molecule has 0 spiro atoms. The zero-order chi connectivity index (χ0) is 18.0. The fourth-order valence-corrected chi connectivity index (χ4v) is 2.67. The SMILES string of the molecule is CC(C)(C)C(=O)Nc1cccc(NC(=O)N2Cc3ccccc3C2)c1. The molecule has 0 aromatic heterocycles. The molecular formula is C20H23N3O2. The summed E-state index contributed by atoms with van der Waals surface area (Å²) in [5.74, 6) is -0.0639. The molecule has 3 amide bonds. The van der Waals surface area contributed by atoms with Gasteiger partial charge < -0.3 is 15.5 Å². The Balaban J connectivity index is 1.65. The molecule has 5 heteroatoms. The number of hydrogen-bond donors (Lipinski definition) is 2. The Hall–Kier alpha value is -2.82. The normalized spacial score (nSPS) is 13.3. The van der Waals surface area contributed by atoms with Crippen molar-refractivity contribution in [1.82, 2.24) is 4.90 Å². The van der Waals surface area contributed by atoms with Crippen molar-refractivity contribution in [3.63, 3.8) is 0 Å². The van der Waals surface area contributed by atoms with Crippen molar-refractivity contribution in [2.45, 2.75) is 33.9 Å². The maximum absolute atomic E-state index is 12.5. The van der Waals surface area contributed by atoms with Crippen LogP contribution in [-0.2, 0) is 17.9 Å². The topological polar surface area (TPSA) is 61.4 Å². The van der Waals surface area contributed by atoms with Crippen LogP contribution in [-0.4, -0.2) is 16.8 Å². The van der Waals surface area contributed by atoms with Crippen molar-refractivity contribution >= 4 is 23.3 Å². The third kappa shape index (κ3) is 3.99. The van der Waals surface area contributed by atoms with E-state index in [1.165, 1.54) is 11.1 Å². The Morgan fingerprint density at radius 1 is 0.880 bits per heavy atom. The van der Waals surface area contributed by atoms with Crippen molar-refractivity contribution < 1.29 is 9.59 Å². The molecule has 2 aromatic carbocycles. The highest BCUT2D eigenvalue weighted by Crippen LogP contribution is 2.24. The minimum atomic E-state index is -0.472. The Bertz CT molecular complexity index is 784. The van der Waals surface area contributed by atoms with Crippen LogP contribution in [0.1, 0.15) is 31.9 Å². The zero-order valence-electron chi connectivity index (χ0n) is 14.8. The van der Waals surface area contributed by atoms with Crippen molar-refractivity contribution in [2.24, 2.45) is 5.41 Å². The zero-order valence-corrected chi connectivity index (χ0v) is 14.8. The van der Waals surface area contributed by atoms with E-state index in [4.69, 9.17) is 0 Å². The van der Waals surface area contributed by atoms with E-state index < -0.39 is 5.41 Å². The van der Waals surface area contributed by atoms with E-state index in [9.17, 15) is 9.59 Å². The monoisotopic (exact) mass is 337 g/mol. The summed E-state index contributed by atoms with van der Waals surface area (Å²) >= 11 is 0. The quantitative estimate of drug-likeness (QED) is 0.862. The Morgan fingerprint density at radius 2 is 1.44 bits per heavy atom. The summed E-state index contributed by atoms with van der Waals surface area (Å²) in [5.41, 5.74) is 3.23. The molecule has 0 saturated heterocycles. The standard InChI is InChI=1S/C20H23N3O2/c1-20(2,3)18(24)21-16-9-6-10-17(11-16)22-19(25)23-12-14-7-4-5-8-15(14)13-23/h4-11H,12-13H2,1-3H3,(H,21,24)(H,22,25). The molecule has 0 bridgehead atoms. The number of hydrogen-bond acceptors (Lipinski definition) is 2. The number of rotatable bonds is 2. The van der Waals surface area contributed by atoms with Gasteiger partial charge in [0.05, 0.1) is 0 Å². The van der Waals surface area contributed by atoms with Crippen LogP contribution in [0.3, 0.4) is 0 Å². The lowest BCUT2D eigenvalue weighted by Gasteiger charge is -2.19. The van der Waals surface area contributed by atoms with Crippen LogP contribution < -0.4 is 10.6 Å². The Labute approximate surface area is 148 Å². The number of nitrogens with zero attached hydrogens (tertiary/aromatic N) is 1. The van der Waals surface area contributed by atoms with Crippen LogP contribution in [0.25, 0.3) is 0 Å². The van der Waals surface area contributed by atoms with E-state index in [-0.39, 0.29) is 11.9 Å². The fraction of sp³-hybridized carbons (Fsp3) is 0.300. The summed E-state index contributed by atoms with van der Waals surface area (Å²) in [6.45, 7) is 6.81. The van der Waals surface area contributed by atoms with Gasteiger partial charge in [-0.1, -0.05) is 51.1 Å². The second kappa shape index (κ2) is 6.59. The number of fused-ring (bicyclic) bond motifs is 1. The number of anilines is 2. The van der Waals surface area contributed by atoms with Gasteiger partial charge in [-0.05, 0) is 29.3 Å². The minimum Gasteiger partial charge on any atom is -0.326 e. The van der Waals surface area contributed by atoms with Crippen molar-refractivity contribution in [3.05, 3.63) is 59.7 Å². The van der Waals surface area contributed by atoms with Gasteiger partial charge in [0, 0.05) is 29.9 Å². The average molecular weight is 337 g/mol. The van der Waals surface area contributed by atoms with Crippen LogP contribution >= 0.6 is 0 Å².